The van der Waals surface area contributed by atoms with E-state index in [4.69, 9.17) is 5.73 Å². The molecule has 2 nitrogen and oxygen atoms in total. The van der Waals surface area contributed by atoms with Crippen LogP contribution in [0.25, 0.3) is 0 Å². The summed E-state index contributed by atoms with van der Waals surface area (Å²) in [4.78, 5) is 3.70. The van der Waals surface area contributed by atoms with Gasteiger partial charge in [-0.2, -0.15) is 13.2 Å². The lowest BCUT2D eigenvalue weighted by atomic mass is 10.2. The van der Waals surface area contributed by atoms with Crippen LogP contribution in [-0.2, 0) is 0 Å². The highest BCUT2D eigenvalue weighted by Crippen LogP contribution is 2.30. The normalized spacial score (nSPS) is 14.1. The molecule has 0 aromatic carbocycles. The molecule has 0 saturated carbocycles. The Kier molecular flexibility index (Phi) is 3.75. The molecule has 14 heavy (non-hydrogen) atoms. The number of nitrogens with zero attached hydrogens (tertiary/aromatic N) is 1. The van der Waals surface area contributed by atoms with Gasteiger partial charge in [-0.3, -0.25) is 0 Å². The minimum atomic E-state index is -4.46. The van der Waals surface area contributed by atoms with Crippen LogP contribution in [0.2, 0.25) is 0 Å². The fourth-order valence-corrected chi connectivity index (χ4v) is 1.41. The molecule has 1 aromatic heterocycles. The van der Waals surface area contributed by atoms with Crippen LogP contribution in [0.5, 0.6) is 0 Å². The van der Waals surface area contributed by atoms with E-state index in [0.717, 1.165) is 3.57 Å². The maximum absolute atomic E-state index is 12.2. The third-order valence-electron chi connectivity index (χ3n) is 1.50. The van der Waals surface area contributed by atoms with Gasteiger partial charge in [0.15, 0.2) is 0 Å². The van der Waals surface area contributed by atoms with Gasteiger partial charge >= 0.3 is 6.18 Å². The summed E-state index contributed by atoms with van der Waals surface area (Å²) in [6.07, 6.45) is -4.46. The smallest absolute Gasteiger partial charge is 0.315 e. The van der Waals surface area contributed by atoms with Gasteiger partial charge in [-0.15, -0.1) is 0 Å². The Morgan fingerprint density at radius 3 is 2.43 bits per heavy atom. The molecule has 0 amide bonds. The third kappa shape index (κ3) is 2.80. The van der Waals surface area contributed by atoms with Gasteiger partial charge in [-0.05, 0) is 50.7 Å². The molecule has 0 radical (unpaired) electrons. The van der Waals surface area contributed by atoms with E-state index in [1.54, 1.807) is 0 Å². The Morgan fingerprint density at radius 1 is 1.43 bits per heavy atom. The molecule has 1 atom stereocenters. The summed E-state index contributed by atoms with van der Waals surface area (Å²) in [5, 5.41) is 0. The first kappa shape index (κ1) is 12.2. The molecule has 0 bridgehead atoms. The second-order valence-corrected chi connectivity index (χ2v) is 4.44. The Labute approximate surface area is 100 Å². The minimum Gasteiger partial charge on any atom is -0.315 e. The molecule has 7 heteroatoms. The van der Waals surface area contributed by atoms with Gasteiger partial charge in [-0.1, -0.05) is 0 Å². The van der Waals surface area contributed by atoms with Crippen molar-refractivity contribution >= 4 is 38.5 Å². The first-order valence-corrected chi connectivity index (χ1v) is 5.34. The summed E-state index contributed by atoms with van der Waals surface area (Å²) >= 11 is 4.99. The summed E-state index contributed by atoms with van der Waals surface area (Å²) in [5.74, 6) is 0. The lowest BCUT2D eigenvalue weighted by Crippen LogP contribution is -2.29. The summed E-state index contributed by atoms with van der Waals surface area (Å²) in [6.45, 7) is 0. The second-order valence-electron chi connectivity index (χ2n) is 2.53. The number of nitrogens with two attached hydrogens (primary N) is 1. The van der Waals surface area contributed by atoms with Crippen molar-refractivity contribution in [2.24, 2.45) is 5.73 Å². The fourth-order valence-electron chi connectivity index (χ4n) is 0.772. The number of aromatic nitrogens is 1. The lowest BCUT2D eigenvalue weighted by Gasteiger charge is -2.15. The first-order chi connectivity index (χ1) is 6.32. The molecule has 0 spiro atoms. The van der Waals surface area contributed by atoms with Crippen molar-refractivity contribution in [1.82, 2.24) is 4.98 Å². The van der Waals surface area contributed by atoms with Gasteiger partial charge < -0.3 is 5.73 Å². The average Bonchev–Trinajstić information content (AvgIpc) is 2.07. The molecular weight excluding hydrogens is 376 g/mol. The maximum Gasteiger partial charge on any atom is 0.409 e. The minimum absolute atomic E-state index is 0.190. The SMILES string of the molecule is N[C@H](c1ccc(I)c(Br)n1)C(F)(F)F. The highest BCUT2D eigenvalue weighted by Gasteiger charge is 2.38. The molecule has 1 heterocycles. The molecule has 0 unspecified atom stereocenters. The van der Waals surface area contributed by atoms with Crippen LogP contribution < -0.4 is 5.73 Å². The quantitative estimate of drug-likeness (QED) is 0.601. The molecule has 0 fully saturated rings. The van der Waals surface area contributed by atoms with Crippen LogP contribution in [0.1, 0.15) is 11.7 Å². The lowest BCUT2D eigenvalue weighted by molar-refractivity contribution is -0.150. The average molecular weight is 381 g/mol. The molecule has 78 valence electrons. The second kappa shape index (κ2) is 4.31. The topological polar surface area (TPSA) is 38.9 Å². The Balaban J connectivity index is 3.03. The molecule has 1 rings (SSSR count). The third-order valence-corrected chi connectivity index (χ3v) is 3.71. The standard InChI is InChI=1S/C7H5BrF3IN2/c8-6-3(12)1-2-4(14-6)5(13)7(9,10)11/h1-2,5H,13H2/t5-/m1/s1. The van der Waals surface area contributed by atoms with Gasteiger partial charge in [0.2, 0.25) is 0 Å². The zero-order valence-electron chi connectivity index (χ0n) is 6.65. The number of halogens is 5. The monoisotopic (exact) mass is 380 g/mol. The highest BCUT2D eigenvalue weighted by atomic mass is 127. The predicted molar refractivity (Wildman–Crippen MR) is 57.6 cm³/mol. The zero-order valence-corrected chi connectivity index (χ0v) is 10.4. The summed E-state index contributed by atoms with van der Waals surface area (Å²) in [7, 11) is 0. The first-order valence-electron chi connectivity index (χ1n) is 3.46. The number of hydrogen-bond acceptors (Lipinski definition) is 2. The van der Waals surface area contributed by atoms with Crippen molar-refractivity contribution in [2.45, 2.75) is 12.2 Å². The fraction of sp³-hybridized carbons (Fsp3) is 0.286. The summed E-state index contributed by atoms with van der Waals surface area (Å²) < 4.78 is 37.7. The van der Waals surface area contributed by atoms with Crippen molar-refractivity contribution in [3.8, 4) is 0 Å². The summed E-state index contributed by atoms with van der Waals surface area (Å²) in [5.41, 5.74) is 4.79. The predicted octanol–water partition coefficient (Wildman–Crippen LogP) is 3.01. The van der Waals surface area contributed by atoms with Crippen LogP contribution in [0.4, 0.5) is 13.2 Å². The Morgan fingerprint density at radius 2 is 2.00 bits per heavy atom. The van der Waals surface area contributed by atoms with E-state index in [2.05, 4.69) is 20.9 Å². The Hall–Kier alpha value is 0.110. The molecule has 0 aliphatic rings. The number of alkyl halides is 3. The van der Waals surface area contributed by atoms with Crippen molar-refractivity contribution in [2.75, 3.05) is 0 Å². The number of pyridine rings is 1. The van der Waals surface area contributed by atoms with E-state index in [1.165, 1.54) is 12.1 Å². The van der Waals surface area contributed by atoms with E-state index < -0.39 is 12.2 Å². The maximum atomic E-state index is 12.2. The van der Waals surface area contributed by atoms with Crippen LogP contribution in [0, 0.1) is 3.57 Å². The number of hydrogen-bond donors (Lipinski definition) is 1. The molecule has 0 saturated heterocycles. The van der Waals surface area contributed by atoms with Crippen molar-refractivity contribution < 1.29 is 13.2 Å². The van der Waals surface area contributed by atoms with Crippen molar-refractivity contribution in [3.05, 3.63) is 26.0 Å². The van der Waals surface area contributed by atoms with Gasteiger partial charge in [0.05, 0.1) is 5.69 Å². The van der Waals surface area contributed by atoms with E-state index in [0.29, 0.717) is 4.60 Å². The van der Waals surface area contributed by atoms with Crippen LogP contribution in [-0.4, -0.2) is 11.2 Å². The van der Waals surface area contributed by atoms with Gasteiger partial charge in [-0.25, -0.2) is 4.98 Å². The van der Waals surface area contributed by atoms with Crippen LogP contribution in [0.15, 0.2) is 16.7 Å². The van der Waals surface area contributed by atoms with Crippen molar-refractivity contribution in [1.29, 1.82) is 0 Å². The van der Waals surface area contributed by atoms with E-state index in [-0.39, 0.29) is 5.69 Å². The largest absolute Gasteiger partial charge is 0.409 e. The summed E-state index contributed by atoms with van der Waals surface area (Å²) in [6, 6.07) is 0.763. The molecule has 0 aliphatic carbocycles. The zero-order chi connectivity index (χ0) is 10.9. The van der Waals surface area contributed by atoms with Gasteiger partial charge in [0, 0.05) is 3.57 Å². The molecule has 1 aromatic rings. The molecular formula is C7H5BrF3IN2. The Bertz CT molecular complexity index is 342. The molecule has 0 aliphatic heterocycles. The van der Waals surface area contributed by atoms with Crippen LogP contribution >= 0.6 is 38.5 Å². The van der Waals surface area contributed by atoms with E-state index >= 15 is 0 Å². The number of rotatable bonds is 1. The van der Waals surface area contributed by atoms with Gasteiger partial charge in [0.25, 0.3) is 0 Å². The van der Waals surface area contributed by atoms with Gasteiger partial charge in [0.1, 0.15) is 10.6 Å². The van der Waals surface area contributed by atoms with Crippen molar-refractivity contribution in [3.63, 3.8) is 0 Å². The highest BCUT2D eigenvalue weighted by molar-refractivity contribution is 14.1. The van der Waals surface area contributed by atoms with E-state index in [1.807, 2.05) is 22.6 Å². The van der Waals surface area contributed by atoms with E-state index in [9.17, 15) is 13.2 Å². The molecule has 2 N–H and O–H groups in total. The van der Waals surface area contributed by atoms with Crippen LogP contribution in [0.3, 0.4) is 0 Å².